The first-order valence-corrected chi connectivity index (χ1v) is 5.90. The quantitative estimate of drug-likeness (QED) is 0.695. The number of anilines is 1. The third-order valence-electron chi connectivity index (χ3n) is 2.82. The summed E-state index contributed by atoms with van der Waals surface area (Å²) in [6.07, 6.45) is 0. The van der Waals surface area contributed by atoms with Crippen molar-refractivity contribution < 1.29 is 18.5 Å². The fourth-order valence-corrected chi connectivity index (χ4v) is 1.77. The summed E-state index contributed by atoms with van der Waals surface area (Å²) in [5, 5.41) is 12.9. The summed E-state index contributed by atoms with van der Waals surface area (Å²) in [7, 11) is 0. The molecular weight excluding hydrogens is 282 g/mol. The van der Waals surface area contributed by atoms with E-state index in [4.69, 9.17) is 0 Å². The molecule has 0 aliphatic carbocycles. The molecule has 21 heavy (non-hydrogen) atoms. The molecule has 2 aromatic rings. The van der Waals surface area contributed by atoms with Crippen LogP contribution in [0.15, 0.2) is 36.4 Å². The molecule has 0 spiro atoms. The maximum Gasteiger partial charge on any atom is 0.270 e. The van der Waals surface area contributed by atoms with E-state index in [1.807, 2.05) is 0 Å². The van der Waals surface area contributed by atoms with Gasteiger partial charge in [-0.3, -0.25) is 14.9 Å². The Labute approximate surface area is 118 Å². The van der Waals surface area contributed by atoms with E-state index >= 15 is 0 Å². The number of nitro benzene ring substituents is 1. The third-order valence-corrected chi connectivity index (χ3v) is 2.82. The molecule has 0 aliphatic heterocycles. The summed E-state index contributed by atoms with van der Waals surface area (Å²) >= 11 is 0. The molecule has 1 N–H and O–H groups in total. The van der Waals surface area contributed by atoms with E-state index in [1.165, 1.54) is 25.1 Å². The van der Waals surface area contributed by atoms with Gasteiger partial charge >= 0.3 is 0 Å². The minimum atomic E-state index is -0.954. The van der Waals surface area contributed by atoms with Gasteiger partial charge in [0.25, 0.3) is 11.6 Å². The molecule has 1 amide bonds. The zero-order valence-electron chi connectivity index (χ0n) is 10.9. The average molecular weight is 292 g/mol. The van der Waals surface area contributed by atoms with Crippen LogP contribution in [-0.2, 0) is 0 Å². The number of para-hydroxylation sites is 1. The van der Waals surface area contributed by atoms with Crippen molar-refractivity contribution in [2.75, 3.05) is 5.32 Å². The maximum absolute atomic E-state index is 13.9. The van der Waals surface area contributed by atoms with Crippen molar-refractivity contribution in [3.63, 3.8) is 0 Å². The fraction of sp³-hybridized carbons (Fsp3) is 0.0714. The molecule has 0 aromatic heterocycles. The second-order valence-electron chi connectivity index (χ2n) is 4.32. The minimum absolute atomic E-state index is 0.0390. The Balaban J connectivity index is 2.39. The molecule has 7 heteroatoms. The molecule has 0 radical (unpaired) electrons. The topological polar surface area (TPSA) is 72.2 Å². The Hall–Kier alpha value is -2.83. The number of amides is 1. The van der Waals surface area contributed by atoms with Gasteiger partial charge in [0, 0.05) is 12.1 Å². The number of aryl methyl sites for hydroxylation is 1. The van der Waals surface area contributed by atoms with E-state index in [-0.39, 0.29) is 11.3 Å². The molecule has 5 nitrogen and oxygen atoms in total. The van der Waals surface area contributed by atoms with Gasteiger partial charge < -0.3 is 5.32 Å². The van der Waals surface area contributed by atoms with Crippen LogP contribution in [0.1, 0.15) is 15.9 Å². The zero-order chi connectivity index (χ0) is 15.6. The van der Waals surface area contributed by atoms with Gasteiger partial charge in [0.05, 0.1) is 16.2 Å². The zero-order valence-corrected chi connectivity index (χ0v) is 10.9. The van der Waals surface area contributed by atoms with Crippen molar-refractivity contribution in [1.29, 1.82) is 0 Å². The SMILES string of the molecule is Cc1cc([N+](=O)[O-])cc(C(=O)Nc2ccccc2F)c1F. The highest BCUT2D eigenvalue weighted by Crippen LogP contribution is 2.22. The summed E-state index contributed by atoms with van der Waals surface area (Å²) in [6.45, 7) is 1.31. The molecule has 108 valence electrons. The number of carbonyl (C=O) groups excluding carboxylic acids is 1. The van der Waals surface area contributed by atoms with Gasteiger partial charge in [0.15, 0.2) is 0 Å². The van der Waals surface area contributed by atoms with Crippen LogP contribution >= 0.6 is 0 Å². The van der Waals surface area contributed by atoms with Crippen molar-refractivity contribution in [2.24, 2.45) is 0 Å². The smallest absolute Gasteiger partial charge is 0.270 e. The Morgan fingerprint density at radius 3 is 2.52 bits per heavy atom. The summed E-state index contributed by atoms with van der Waals surface area (Å²) in [5.41, 5.74) is -1.09. The second-order valence-corrected chi connectivity index (χ2v) is 4.32. The van der Waals surface area contributed by atoms with Crippen LogP contribution in [0.4, 0.5) is 20.2 Å². The Morgan fingerprint density at radius 1 is 1.24 bits per heavy atom. The number of non-ortho nitro benzene ring substituents is 1. The van der Waals surface area contributed by atoms with Crippen LogP contribution in [0, 0.1) is 28.7 Å². The highest BCUT2D eigenvalue weighted by molar-refractivity contribution is 6.05. The van der Waals surface area contributed by atoms with Crippen LogP contribution in [0.3, 0.4) is 0 Å². The molecular formula is C14H10F2N2O3. The summed E-state index contributed by atoms with van der Waals surface area (Å²) < 4.78 is 27.4. The normalized spacial score (nSPS) is 10.2. The van der Waals surface area contributed by atoms with Crippen molar-refractivity contribution in [2.45, 2.75) is 6.92 Å². The van der Waals surface area contributed by atoms with Crippen molar-refractivity contribution in [3.8, 4) is 0 Å². The van der Waals surface area contributed by atoms with Crippen molar-refractivity contribution >= 4 is 17.3 Å². The van der Waals surface area contributed by atoms with Crippen LogP contribution < -0.4 is 5.32 Å². The molecule has 0 atom stereocenters. The second kappa shape index (κ2) is 5.66. The fourth-order valence-electron chi connectivity index (χ4n) is 1.77. The molecule has 0 bridgehead atoms. The number of hydrogen-bond donors (Lipinski definition) is 1. The third kappa shape index (κ3) is 3.02. The molecule has 0 saturated carbocycles. The predicted molar refractivity (Wildman–Crippen MR) is 72.1 cm³/mol. The predicted octanol–water partition coefficient (Wildman–Crippen LogP) is 3.43. The van der Waals surface area contributed by atoms with Gasteiger partial charge in [-0.2, -0.15) is 0 Å². The Kier molecular flexibility index (Phi) is 3.93. The van der Waals surface area contributed by atoms with Crippen LogP contribution in [0.5, 0.6) is 0 Å². The summed E-state index contributed by atoms with van der Waals surface area (Å²) in [5.74, 6) is -2.52. The molecule has 0 fully saturated rings. The lowest BCUT2D eigenvalue weighted by molar-refractivity contribution is -0.385. The Morgan fingerprint density at radius 2 is 1.90 bits per heavy atom. The van der Waals surface area contributed by atoms with Crippen LogP contribution in [0.25, 0.3) is 0 Å². The molecule has 0 unspecified atom stereocenters. The summed E-state index contributed by atoms with van der Waals surface area (Å²) in [6, 6.07) is 7.20. The van der Waals surface area contributed by atoms with Gasteiger partial charge in [0.2, 0.25) is 0 Å². The number of hydrogen-bond acceptors (Lipinski definition) is 3. The largest absolute Gasteiger partial charge is 0.319 e. The monoisotopic (exact) mass is 292 g/mol. The average Bonchev–Trinajstić information content (AvgIpc) is 2.43. The van der Waals surface area contributed by atoms with E-state index in [2.05, 4.69) is 5.32 Å². The number of nitro groups is 1. The van der Waals surface area contributed by atoms with Crippen molar-refractivity contribution in [1.82, 2.24) is 0 Å². The number of benzene rings is 2. The van der Waals surface area contributed by atoms with Crippen LogP contribution in [-0.4, -0.2) is 10.8 Å². The first kappa shape index (κ1) is 14.6. The first-order valence-electron chi connectivity index (χ1n) is 5.90. The molecule has 0 heterocycles. The minimum Gasteiger partial charge on any atom is -0.319 e. The van der Waals surface area contributed by atoms with Gasteiger partial charge in [-0.1, -0.05) is 12.1 Å². The van der Waals surface area contributed by atoms with E-state index in [1.54, 1.807) is 0 Å². The van der Waals surface area contributed by atoms with Crippen molar-refractivity contribution in [3.05, 3.63) is 69.3 Å². The van der Waals surface area contributed by atoms with E-state index in [9.17, 15) is 23.7 Å². The van der Waals surface area contributed by atoms with Crippen LogP contribution in [0.2, 0.25) is 0 Å². The van der Waals surface area contributed by atoms with Gasteiger partial charge in [0.1, 0.15) is 11.6 Å². The lowest BCUT2D eigenvalue weighted by Crippen LogP contribution is -2.15. The van der Waals surface area contributed by atoms with Gasteiger partial charge in [-0.05, 0) is 24.6 Å². The maximum atomic E-state index is 13.9. The van der Waals surface area contributed by atoms with E-state index in [0.29, 0.717) is 0 Å². The number of carbonyl (C=O) groups is 1. The first-order chi connectivity index (χ1) is 9.90. The molecule has 0 saturated heterocycles. The van der Waals surface area contributed by atoms with E-state index < -0.39 is 33.7 Å². The molecule has 0 aliphatic rings. The summed E-state index contributed by atoms with van der Waals surface area (Å²) in [4.78, 5) is 22.0. The highest BCUT2D eigenvalue weighted by atomic mass is 19.1. The number of nitrogens with zero attached hydrogens (tertiary/aromatic N) is 1. The van der Waals surface area contributed by atoms with E-state index in [0.717, 1.165) is 18.2 Å². The number of nitrogens with one attached hydrogen (secondary N) is 1. The molecule has 2 rings (SSSR count). The number of rotatable bonds is 3. The highest BCUT2D eigenvalue weighted by Gasteiger charge is 2.20. The van der Waals surface area contributed by atoms with Gasteiger partial charge in [-0.15, -0.1) is 0 Å². The Bertz CT molecular complexity index is 732. The molecule has 2 aromatic carbocycles. The lowest BCUT2D eigenvalue weighted by atomic mass is 10.1. The number of halogens is 2. The van der Waals surface area contributed by atoms with Gasteiger partial charge in [-0.25, -0.2) is 8.78 Å². The standard InChI is InChI=1S/C14H10F2N2O3/c1-8-6-9(18(20)21)7-10(13(8)16)14(19)17-12-5-3-2-4-11(12)15/h2-7H,1H3,(H,17,19). The lowest BCUT2D eigenvalue weighted by Gasteiger charge is -2.08.